The van der Waals surface area contributed by atoms with E-state index in [0.717, 1.165) is 36.7 Å². The number of piperidine rings is 1. The number of hydrogen-bond acceptors (Lipinski definition) is 3. The van der Waals surface area contributed by atoms with Crippen molar-refractivity contribution < 1.29 is 9.53 Å². The first-order valence-corrected chi connectivity index (χ1v) is 8.68. The maximum absolute atomic E-state index is 12.8. The Morgan fingerprint density at radius 2 is 2.05 bits per heavy atom. The Labute approximate surface area is 133 Å². The third-order valence-corrected chi connectivity index (χ3v) is 4.91. The predicted molar refractivity (Wildman–Crippen MR) is 88.5 cm³/mol. The van der Waals surface area contributed by atoms with Crippen LogP contribution in [0.4, 0.5) is 0 Å². The summed E-state index contributed by atoms with van der Waals surface area (Å²) in [4.78, 5) is 15.4. The van der Waals surface area contributed by atoms with E-state index in [1.165, 1.54) is 25.8 Å². The van der Waals surface area contributed by atoms with Gasteiger partial charge in [-0.25, -0.2) is 0 Å². The maximum atomic E-state index is 12.8. The van der Waals surface area contributed by atoms with Gasteiger partial charge in [-0.15, -0.1) is 0 Å². The van der Waals surface area contributed by atoms with Crippen LogP contribution in [0.3, 0.4) is 0 Å². The quantitative estimate of drug-likeness (QED) is 0.772. The number of ether oxygens (including phenoxy) is 1. The predicted octanol–water partition coefficient (Wildman–Crippen LogP) is 3.92. The van der Waals surface area contributed by atoms with E-state index in [9.17, 15) is 4.79 Å². The molecule has 1 heterocycles. The summed E-state index contributed by atoms with van der Waals surface area (Å²) < 4.78 is 5.72. The van der Waals surface area contributed by atoms with Gasteiger partial charge in [0.1, 0.15) is 5.75 Å². The van der Waals surface area contributed by atoms with Gasteiger partial charge in [0.2, 0.25) is 0 Å². The van der Waals surface area contributed by atoms with Gasteiger partial charge in [0, 0.05) is 24.1 Å². The molecule has 2 fully saturated rings. The molecule has 1 aliphatic heterocycles. The van der Waals surface area contributed by atoms with E-state index in [1.807, 2.05) is 38.1 Å². The normalized spacial score (nSPS) is 23.3. The molecule has 1 saturated carbocycles. The summed E-state index contributed by atoms with van der Waals surface area (Å²) in [5, 5.41) is 0. The lowest BCUT2D eigenvalue weighted by Gasteiger charge is -2.42. The number of nitrogens with zero attached hydrogens (tertiary/aromatic N) is 1. The van der Waals surface area contributed by atoms with Crippen molar-refractivity contribution in [1.82, 2.24) is 4.90 Å². The number of Topliss-reactive ketones (excluding diaryl/α,β-unsaturated/α-hetero) is 1. The third-order valence-electron chi connectivity index (χ3n) is 4.91. The van der Waals surface area contributed by atoms with Gasteiger partial charge in [-0.1, -0.05) is 18.6 Å². The highest BCUT2D eigenvalue weighted by Crippen LogP contribution is 2.30. The van der Waals surface area contributed by atoms with Gasteiger partial charge in [0.25, 0.3) is 0 Å². The molecule has 2 aliphatic rings. The van der Waals surface area contributed by atoms with Crippen LogP contribution in [0.25, 0.3) is 0 Å². The van der Waals surface area contributed by atoms with Crippen LogP contribution in [0.1, 0.15) is 56.3 Å². The smallest absolute Gasteiger partial charge is 0.167 e. The molecule has 0 aromatic heterocycles. The van der Waals surface area contributed by atoms with Crippen LogP contribution in [0.5, 0.6) is 5.75 Å². The zero-order chi connectivity index (χ0) is 15.5. The van der Waals surface area contributed by atoms with Crippen molar-refractivity contribution in [2.45, 2.75) is 58.1 Å². The number of carbonyl (C=O) groups excluding carboxylic acids is 1. The van der Waals surface area contributed by atoms with Crippen LogP contribution in [-0.2, 0) is 0 Å². The number of ketones is 1. The van der Waals surface area contributed by atoms with E-state index < -0.39 is 0 Å². The first-order valence-electron chi connectivity index (χ1n) is 8.68. The van der Waals surface area contributed by atoms with Gasteiger partial charge < -0.3 is 4.74 Å². The average Bonchev–Trinajstić information content (AvgIpc) is 2.44. The van der Waals surface area contributed by atoms with E-state index >= 15 is 0 Å². The minimum Gasteiger partial charge on any atom is -0.491 e. The zero-order valence-corrected chi connectivity index (χ0v) is 13.8. The molecule has 3 heteroatoms. The molecule has 1 aromatic rings. The van der Waals surface area contributed by atoms with Crippen molar-refractivity contribution in [3.05, 3.63) is 29.8 Å². The Kier molecular flexibility index (Phi) is 4.82. The zero-order valence-electron chi connectivity index (χ0n) is 13.8. The number of carbonyl (C=O) groups is 1. The Morgan fingerprint density at radius 3 is 2.73 bits per heavy atom. The summed E-state index contributed by atoms with van der Waals surface area (Å²) >= 11 is 0. The second-order valence-corrected chi connectivity index (χ2v) is 6.98. The van der Waals surface area contributed by atoms with E-state index in [1.54, 1.807) is 0 Å². The molecule has 1 unspecified atom stereocenters. The summed E-state index contributed by atoms with van der Waals surface area (Å²) in [5.74, 6) is 1.24. The van der Waals surface area contributed by atoms with Gasteiger partial charge >= 0.3 is 0 Å². The Bertz CT molecular complexity index is 522. The van der Waals surface area contributed by atoms with Crippen molar-refractivity contribution in [1.29, 1.82) is 0 Å². The standard InChI is InChI=1S/C19H27NO2/c1-14(2)22-18-10-3-6-15(12-18)19(21)16-7-5-11-20(13-16)17-8-4-9-17/h3,6,10,12,14,16-17H,4-5,7-9,11,13H2,1-2H3. The SMILES string of the molecule is CC(C)Oc1cccc(C(=O)C2CCCN(C3CCC3)C2)c1. The van der Waals surface area contributed by atoms with Gasteiger partial charge in [-0.2, -0.15) is 0 Å². The van der Waals surface area contributed by atoms with Crippen LogP contribution in [-0.4, -0.2) is 35.9 Å². The van der Waals surface area contributed by atoms with E-state index in [0.29, 0.717) is 5.78 Å². The fraction of sp³-hybridized carbons (Fsp3) is 0.632. The molecule has 22 heavy (non-hydrogen) atoms. The molecule has 0 radical (unpaired) electrons. The average molecular weight is 301 g/mol. The molecular weight excluding hydrogens is 274 g/mol. The summed E-state index contributed by atoms with van der Waals surface area (Å²) in [5.41, 5.74) is 0.804. The minimum absolute atomic E-state index is 0.133. The number of hydrogen-bond donors (Lipinski definition) is 0. The first-order chi connectivity index (χ1) is 10.6. The highest BCUT2D eigenvalue weighted by Gasteiger charge is 2.32. The molecule has 1 aliphatic carbocycles. The summed E-state index contributed by atoms with van der Waals surface area (Å²) in [6.45, 7) is 6.13. The molecule has 0 spiro atoms. The first kappa shape index (κ1) is 15.5. The number of rotatable bonds is 5. The van der Waals surface area contributed by atoms with E-state index in [4.69, 9.17) is 4.74 Å². The van der Waals surface area contributed by atoms with Crippen LogP contribution in [0.2, 0.25) is 0 Å². The number of benzene rings is 1. The summed E-state index contributed by atoms with van der Waals surface area (Å²) in [6, 6.07) is 8.43. The molecule has 1 aromatic carbocycles. The van der Waals surface area contributed by atoms with Crippen LogP contribution in [0, 0.1) is 5.92 Å². The molecule has 0 bridgehead atoms. The fourth-order valence-electron chi connectivity index (χ4n) is 3.53. The molecular formula is C19H27NO2. The molecule has 0 N–H and O–H groups in total. The highest BCUT2D eigenvalue weighted by atomic mass is 16.5. The molecule has 3 rings (SSSR count). The largest absolute Gasteiger partial charge is 0.491 e. The molecule has 0 amide bonds. The van der Waals surface area contributed by atoms with E-state index in [-0.39, 0.29) is 12.0 Å². The van der Waals surface area contributed by atoms with Crippen molar-refractivity contribution in [3.63, 3.8) is 0 Å². The van der Waals surface area contributed by atoms with Crippen molar-refractivity contribution in [2.75, 3.05) is 13.1 Å². The fourth-order valence-corrected chi connectivity index (χ4v) is 3.53. The summed E-state index contributed by atoms with van der Waals surface area (Å²) in [7, 11) is 0. The lowest BCUT2D eigenvalue weighted by molar-refractivity contribution is 0.0612. The number of likely N-dealkylation sites (tertiary alicyclic amines) is 1. The van der Waals surface area contributed by atoms with Crippen molar-refractivity contribution in [3.8, 4) is 5.75 Å². The van der Waals surface area contributed by atoms with Crippen molar-refractivity contribution in [2.24, 2.45) is 5.92 Å². The van der Waals surface area contributed by atoms with Gasteiger partial charge in [-0.05, 0) is 58.2 Å². The van der Waals surface area contributed by atoms with Crippen LogP contribution < -0.4 is 4.74 Å². The monoisotopic (exact) mass is 301 g/mol. The molecule has 1 atom stereocenters. The lowest BCUT2D eigenvalue weighted by atomic mass is 9.85. The van der Waals surface area contributed by atoms with Gasteiger partial charge in [0.05, 0.1) is 6.10 Å². The second-order valence-electron chi connectivity index (χ2n) is 6.98. The highest BCUT2D eigenvalue weighted by molar-refractivity contribution is 5.98. The third kappa shape index (κ3) is 3.52. The van der Waals surface area contributed by atoms with Crippen LogP contribution >= 0.6 is 0 Å². The lowest BCUT2D eigenvalue weighted by Crippen LogP contribution is -2.47. The summed E-state index contributed by atoms with van der Waals surface area (Å²) in [6.07, 6.45) is 6.30. The topological polar surface area (TPSA) is 29.5 Å². The maximum Gasteiger partial charge on any atom is 0.167 e. The molecule has 120 valence electrons. The van der Waals surface area contributed by atoms with Crippen LogP contribution in [0.15, 0.2) is 24.3 Å². The van der Waals surface area contributed by atoms with Crippen molar-refractivity contribution >= 4 is 5.78 Å². The van der Waals surface area contributed by atoms with Gasteiger partial charge in [-0.3, -0.25) is 9.69 Å². The van der Waals surface area contributed by atoms with E-state index in [2.05, 4.69) is 4.90 Å². The van der Waals surface area contributed by atoms with Gasteiger partial charge in [0.15, 0.2) is 5.78 Å². The Hall–Kier alpha value is -1.35. The second kappa shape index (κ2) is 6.82. The Morgan fingerprint density at radius 1 is 1.23 bits per heavy atom. The minimum atomic E-state index is 0.133. The molecule has 1 saturated heterocycles. The molecule has 3 nitrogen and oxygen atoms in total. The Balaban J connectivity index is 1.67.